The molecule has 11 heteroatoms. The monoisotopic (exact) mass is 620 g/mol. The number of rotatable bonds is 16. The number of sulfonamides is 1. The minimum Gasteiger partial charge on any atom is -0.342 e. The van der Waals surface area contributed by atoms with Gasteiger partial charge in [-0.2, -0.15) is 4.31 Å². The Morgan fingerprint density at radius 3 is 2.26 bits per heavy atom. The molecule has 0 radical (unpaired) electrons. The van der Waals surface area contributed by atoms with E-state index >= 15 is 0 Å². The molecule has 2 aromatic carbocycles. The van der Waals surface area contributed by atoms with Crippen LogP contribution in [-0.2, 0) is 37.5 Å². The van der Waals surface area contributed by atoms with Crippen LogP contribution in [0.3, 0.4) is 0 Å². The minimum absolute atomic E-state index is 0.109. The predicted octanol–water partition coefficient (Wildman–Crippen LogP) is 3.17. The van der Waals surface area contributed by atoms with Crippen LogP contribution in [-0.4, -0.2) is 101 Å². The maximum atomic E-state index is 13.4. The molecule has 1 N–H and O–H groups in total. The lowest BCUT2D eigenvalue weighted by Gasteiger charge is -2.28. The van der Waals surface area contributed by atoms with E-state index in [9.17, 15) is 21.6 Å². The maximum Gasteiger partial charge on any atom is 0.237 e. The van der Waals surface area contributed by atoms with Crippen LogP contribution in [0.4, 0.5) is 0 Å². The summed E-state index contributed by atoms with van der Waals surface area (Å²) in [5, 5.41) is 2.22. The van der Waals surface area contributed by atoms with Crippen molar-refractivity contribution in [2.24, 2.45) is 0 Å². The first-order chi connectivity index (χ1) is 20.0. The predicted molar refractivity (Wildman–Crippen MR) is 168 cm³/mol. The molecule has 0 aliphatic carbocycles. The van der Waals surface area contributed by atoms with Gasteiger partial charge in [0.25, 0.3) is 0 Å². The Morgan fingerprint density at radius 2 is 1.64 bits per heavy atom. The van der Waals surface area contributed by atoms with Crippen molar-refractivity contribution in [1.29, 1.82) is 0 Å². The summed E-state index contributed by atoms with van der Waals surface area (Å²) in [5.74, 6) is -0.132. The Labute approximate surface area is 253 Å². The lowest BCUT2D eigenvalue weighted by Crippen LogP contribution is -2.47. The number of hydrogen-bond donors (Lipinski definition) is 1. The Hall–Kier alpha value is -2.31. The number of hydrogen-bond acceptors (Lipinski definition) is 7. The molecule has 0 bridgehead atoms. The van der Waals surface area contributed by atoms with Gasteiger partial charge in [0.05, 0.1) is 11.4 Å². The molecular formula is C31H48N4O5S2. The third-order valence-electron chi connectivity index (χ3n) is 8.11. The van der Waals surface area contributed by atoms with Crippen LogP contribution >= 0.6 is 0 Å². The van der Waals surface area contributed by atoms with E-state index < -0.39 is 25.2 Å². The van der Waals surface area contributed by atoms with Gasteiger partial charge < -0.3 is 15.1 Å². The van der Waals surface area contributed by atoms with Crippen LogP contribution in [0.15, 0.2) is 59.5 Å². The van der Waals surface area contributed by atoms with Crippen molar-refractivity contribution in [3.05, 3.63) is 65.7 Å². The summed E-state index contributed by atoms with van der Waals surface area (Å²) in [5.41, 5.74) is 2.19. The molecule has 0 spiro atoms. The van der Waals surface area contributed by atoms with Crippen LogP contribution in [0.25, 0.3) is 0 Å². The highest BCUT2D eigenvalue weighted by Crippen LogP contribution is 2.18. The molecule has 234 valence electrons. The first-order valence-electron chi connectivity index (χ1n) is 15.0. The number of carbonyl (C=O) groups is 1. The zero-order valence-corrected chi connectivity index (χ0v) is 27.2. The van der Waals surface area contributed by atoms with E-state index in [4.69, 9.17) is 0 Å². The van der Waals surface area contributed by atoms with Gasteiger partial charge in [0.15, 0.2) is 9.84 Å². The molecule has 3 rings (SSSR count). The first kappa shape index (κ1) is 34.2. The fraction of sp³-hybridized carbons (Fsp3) is 0.581. The molecule has 2 atom stereocenters. The van der Waals surface area contributed by atoms with Crippen molar-refractivity contribution in [2.75, 3.05) is 52.6 Å². The average molecular weight is 621 g/mol. The van der Waals surface area contributed by atoms with E-state index in [2.05, 4.69) is 24.1 Å². The molecule has 1 amide bonds. The minimum atomic E-state index is -3.67. The van der Waals surface area contributed by atoms with E-state index in [1.165, 1.54) is 10.6 Å². The van der Waals surface area contributed by atoms with Gasteiger partial charge in [0, 0.05) is 31.9 Å². The molecule has 2 unspecified atom stereocenters. The van der Waals surface area contributed by atoms with Crippen molar-refractivity contribution in [2.45, 2.75) is 68.7 Å². The summed E-state index contributed by atoms with van der Waals surface area (Å²) in [7, 11) is -5.21. The molecule has 0 saturated carbocycles. The Morgan fingerprint density at radius 1 is 0.952 bits per heavy atom. The normalized spacial score (nSPS) is 16.9. The number of unbranched alkanes of at least 4 members (excludes halogenated alkanes) is 1. The summed E-state index contributed by atoms with van der Waals surface area (Å²) >= 11 is 0. The molecule has 0 aromatic heterocycles. The number of nitrogens with zero attached hydrogens (tertiary/aromatic N) is 3. The van der Waals surface area contributed by atoms with Crippen molar-refractivity contribution in [1.82, 2.24) is 19.4 Å². The standard InChI is InChI=1S/C31H48N4O5S2/c1-5-33(26(2)24-28-14-17-29(18-15-28)41(4,37)38)20-9-10-21-34-22-11-23-35(25-31(34)36)42(39,40)30(32-3)19-16-27-12-7-6-8-13-27/h6-8,12-15,17-18,26,30,32H,5,9-11,16,19-25H2,1-4H3. The SMILES string of the molecule is CCN(CCCCN1CCCN(S(=O)(=O)C(CCc2ccccc2)NC)CC1=O)C(C)Cc1ccc(S(C)(=O)=O)cc1. The van der Waals surface area contributed by atoms with E-state index in [0.717, 1.165) is 43.5 Å². The molecule has 1 heterocycles. The van der Waals surface area contributed by atoms with Gasteiger partial charge in [0.2, 0.25) is 15.9 Å². The van der Waals surface area contributed by atoms with Gasteiger partial charge in [-0.3, -0.25) is 4.79 Å². The molecular weight excluding hydrogens is 572 g/mol. The highest BCUT2D eigenvalue weighted by molar-refractivity contribution is 7.90. The Kier molecular flexibility index (Phi) is 13.0. The van der Waals surface area contributed by atoms with E-state index in [1.807, 2.05) is 47.4 Å². The second-order valence-corrected chi connectivity index (χ2v) is 15.4. The third-order valence-corrected chi connectivity index (χ3v) is 11.5. The summed E-state index contributed by atoms with van der Waals surface area (Å²) in [6, 6.07) is 17.2. The lowest BCUT2D eigenvalue weighted by atomic mass is 10.1. The summed E-state index contributed by atoms with van der Waals surface area (Å²) < 4.78 is 51.7. The quantitative estimate of drug-likeness (QED) is 0.288. The zero-order valence-electron chi connectivity index (χ0n) is 25.5. The largest absolute Gasteiger partial charge is 0.342 e. The number of benzene rings is 2. The highest BCUT2D eigenvalue weighted by Gasteiger charge is 2.34. The maximum absolute atomic E-state index is 13.4. The van der Waals surface area contributed by atoms with Gasteiger partial charge in [-0.25, -0.2) is 16.8 Å². The fourth-order valence-corrected chi connectivity index (χ4v) is 7.94. The van der Waals surface area contributed by atoms with Crippen LogP contribution in [0.1, 0.15) is 50.7 Å². The van der Waals surface area contributed by atoms with Crippen molar-refractivity contribution in [3.8, 4) is 0 Å². The first-order valence-corrected chi connectivity index (χ1v) is 18.4. The van der Waals surface area contributed by atoms with Gasteiger partial charge in [-0.05, 0) is 88.8 Å². The highest BCUT2D eigenvalue weighted by atomic mass is 32.2. The smallest absolute Gasteiger partial charge is 0.237 e. The van der Waals surface area contributed by atoms with Crippen LogP contribution in [0, 0.1) is 0 Å². The molecule has 9 nitrogen and oxygen atoms in total. The number of carbonyl (C=O) groups excluding carboxylic acids is 1. The number of amides is 1. The number of aryl methyl sites for hydroxylation is 1. The second kappa shape index (κ2) is 16.0. The van der Waals surface area contributed by atoms with Gasteiger partial charge in [0.1, 0.15) is 5.37 Å². The van der Waals surface area contributed by atoms with Crippen molar-refractivity contribution in [3.63, 3.8) is 0 Å². The molecule has 1 saturated heterocycles. The summed E-state index contributed by atoms with van der Waals surface area (Å²) in [6.45, 7) is 7.53. The van der Waals surface area contributed by atoms with E-state index in [1.54, 1.807) is 19.2 Å². The van der Waals surface area contributed by atoms with Gasteiger partial charge in [-0.15, -0.1) is 0 Å². The molecule has 42 heavy (non-hydrogen) atoms. The number of likely N-dealkylation sites (N-methyl/N-ethyl adjacent to an activating group) is 1. The van der Waals surface area contributed by atoms with Crippen LogP contribution < -0.4 is 5.32 Å². The van der Waals surface area contributed by atoms with Gasteiger partial charge >= 0.3 is 0 Å². The van der Waals surface area contributed by atoms with Gasteiger partial charge in [-0.1, -0.05) is 49.4 Å². The molecule has 1 aliphatic heterocycles. The second-order valence-electron chi connectivity index (χ2n) is 11.2. The summed E-state index contributed by atoms with van der Waals surface area (Å²) in [4.78, 5) is 17.6. The Bertz CT molecular complexity index is 1340. The zero-order chi connectivity index (χ0) is 30.8. The molecule has 2 aromatic rings. The number of sulfone groups is 1. The summed E-state index contributed by atoms with van der Waals surface area (Å²) in [6.07, 6.45) is 5.52. The Balaban J connectivity index is 1.46. The average Bonchev–Trinajstić information content (AvgIpc) is 3.15. The van der Waals surface area contributed by atoms with Crippen LogP contribution in [0.5, 0.6) is 0 Å². The molecule has 1 aliphatic rings. The number of nitrogens with one attached hydrogen (secondary N) is 1. The lowest BCUT2D eigenvalue weighted by molar-refractivity contribution is -0.130. The fourth-order valence-electron chi connectivity index (χ4n) is 5.56. The van der Waals surface area contributed by atoms with Crippen molar-refractivity contribution >= 4 is 25.8 Å². The molecule has 1 fully saturated rings. The topological polar surface area (TPSA) is 107 Å². The van der Waals surface area contributed by atoms with Crippen LogP contribution in [0.2, 0.25) is 0 Å². The van der Waals surface area contributed by atoms with Crippen molar-refractivity contribution < 1.29 is 21.6 Å². The third kappa shape index (κ3) is 9.87. The van der Waals surface area contributed by atoms with E-state index in [-0.39, 0.29) is 12.5 Å². The van der Waals surface area contributed by atoms with E-state index in [0.29, 0.717) is 49.8 Å².